The van der Waals surface area contributed by atoms with Crippen LogP contribution in [-0.2, 0) is 0 Å². The predicted molar refractivity (Wildman–Crippen MR) is 115 cm³/mol. The molecule has 0 saturated carbocycles. The summed E-state index contributed by atoms with van der Waals surface area (Å²) in [7, 11) is 1.66. The number of nitrogens with zero attached hydrogens (tertiary/aromatic N) is 2. The molecule has 28 heavy (non-hydrogen) atoms. The maximum atomic E-state index is 5.39. The van der Waals surface area contributed by atoms with Gasteiger partial charge in [-0.05, 0) is 55.3 Å². The highest BCUT2D eigenvalue weighted by molar-refractivity contribution is 5.93. The minimum Gasteiger partial charge on any atom is -0.497 e. The van der Waals surface area contributed by atoms with E-state index in [-0.39, 0.29) is 0 Å². The first-order valence-electron chi connectivity index (χ1n) is 9.15. The number of methoxy groups -OCH3 is 1. The second-order valence-corrected chi connectivity index (χ2v) is 6.66. The zero-order valence-electron chi connectivity index (χ0n) is 16.2. The third kappa shape index (κ3) is 3.60. The number of fused-ring (bicyclic) bond motifs is 1. The Morgan fingerprint density at radius 3 is 2.04 bits per heavy atom. The monoisotopic (exact) mass is 370 g/mol. The Bertz CT molecular complexity index is 1140. The maximum absolute atomic E-state index is 5.39. The van der Waals surface area contributed by atoms with Gasteiger partial charge >= 0.3 is 0 Å². The van der Waals surface area contributed by atoms with Crippen LogP contribution in [0.1, 0.15) is 11.1 Å². The number of nitrogens with one attached hydrogen (secondary N) is 2. The van der Waals surface area contributed by atoms with Crippen molar-refractivity contribution in [2.45, 2.75) is 13.8 Å². The largest absolute Gasteiger partial charge is 0.497 e. The van der Waals surface area contributed by atoms with E-state index in [9.17, 15) is 0 Å². The summed E-state index contributed by atoms with van der Waals surface area (Å²) < 4.78 is 5.39. The van der Waals surface area contributed by atoms with E-state index in [1.54, 1.807) is 7.11 Å². The Morgan fingerprint density at radius 2 is 1.39 bits per heavy atom. The molecular weight excluding hydrogens is 348 g/mol. The van der Waals surface area contributed by atoms with E-state index in [2.05, 4.69) is 36.6 Å². The van der Waals surface area contributed by atoms with Gasteiger partial charge in [0.2, 0.25) is 5.95 Å². The molecule has 0 aliphatic carbocycles. The van der Waals surface area contributed by atoms with Gasteiger partial charge in [0.1, 0.15) is 11.6 Å². The normalized spacial score (nSPS) is 10.7. The van der Waals surface area contributed by atoms with E-state index < -0.39 is 0 Å². The lowest BCUT2D eigenvalue weighted by Crippen LogP contribution is -2.04. The van der Waals surface area contributed by atoms with E-state index in [0.29, 0.717) is 5.95 Å². The molecule has 0 saturated heterocycles. The molecule has 0 bridgehead atoms. The van der Waals surface area contributed by atoms with Gasteiger partial charge in [0.25, 0.3) is 0 Å². The zero-order valence-corrected chi connectivity index (χ0v) is 16.2. The molecule has 4 rings (SSSR count). The molecule has 2 N–H and O–H groups in total. The van der Waals surface area contributed by atoms with Crippen LogP contribution in [0.3, 0.4) is 0 Å². The van der Waals surface area contributed by atoms with Crippen LogP contribution in [0.4, 0.5) is 23.1 Å². The lowest BCUT2D eigenvalue weighted by Gasteiger charge is -2.14. The molecule has 5 heteroatoms. The van der Waals surface area contributed by atoms with Gasteiger partial charge in [-0.15, -0.1) is 0 Å². The van der Waals surface area contributed by atoms with Crippen LogP contribution in [0.15, 0.2) is 66.7 Å². The summed E-state index contributed by atoms with van der Waals surface area (Å²) in [6, 6.07) is 22.0. The van der Waals surface area contributed by atoms with Crippen LogP contribution in [0, 0.1) is 13.8 Å². The third-order valence-electron chi connectivity index (χ3n) is 4.69. The fourth-order valence-electron chi connectivity index (χ4n) is 3.06. The number of benzene rings is 3. The molecule has 0 amide bonds. The van der Waals surface area contributed by atoms with Crippen LogP contribution in [0.5, 0.6) is 5.75 Å². The highest BCUT2D eigenvalue weighted by atomic mass is 16.5. The summed E-state index contributed by atoms with van der Waals surface area (Å²) in [5, 5.41) is 7.70. The molecule has 0 unspecified atom stereocenters. The van der Waals surface area contributed by atoms with Gasteiger partial charge in [0.15, 0.2) is 0 Å². The van der Waals surface area contributed by atoms with Crippen LogP contribution >= 0.6 is 0 Å². The minimum atomic E-state index is 0.544. The number of hydrogen-bond donors (Lipinski definition) is 2. The summed E-state index contributed by atoms with van der Waals surface area (Å²) in [5.41, 5.74) is 5.10. The Balaban J connectivity index is 1.82. The molecular formula is C23H22N4O. The first-order valence-corrected chi connectivity index (χ1v) is 9.15. The van der Waals surface area contributed by atoms with E-state index in [1.165, 1.54) is 0 Å². The molecule has 0 aliphatic heterocycles. The average Bonchev–Trinajstić information content (AvgIpc) is 2.71. The Morgan fingerprint density at radius 1 is 0.750 bits per heavy atom. The van der Waals surface area contributed by atoms with E-state index in [0.717, 1.165) is 45.0 Å². The second-order valence-electron chi connectivity index (χ2n) is 6.66. The summed E-state index contributed by atoms with van der Waals surface area (Å²) >= 11 is 0. The first-order chi connectivity index (χ1) is 13.6. The van der Waals surface area contributed by atoms with E-state index in [4.69, 9.17) is 14.7 Å². The van der Waals surface area contributed by atoms with Crippen molar-refractivity contribution in [1.82, 2.24) is 9.97 Å². The van der Waals surface area contributed by atoms with Crippen molar-refractivity contribution >= 4 is 34.0 Å². The lowest BCUT2D eigenvalue weighted by atomic mass is 10.2. The van der Waals surface area contributed by atoms with Gasteiger partial charge in [0, 0.05) is 16.8 Å². The minimum absolute atomic E-state index is 0.544. The molecule has 4 aromatic rings. The van der Waals surface area contributed by atoms with Crippen LogP contribution in [0.2, 0.25) is 0 Å². The number of anilines is 4. The zero-order chi connectivity index (χ0) is 19.5. The Kier molecular flexibility index (Phi) is 4.81. The standard InChI is InChI=1S/C23H22N4O/c1-15-8-4-6-10-19(15)24-22-18-14-17(28-3)12-13-21(18)26-23(27-22)25-20-11-7-5-9-16(20)2/h4-14H,1-3H3,(H2,24,25,26,27). The van der Waals surface area contributed by atoms with Gasteiger partial charge in [0.05, 0.1) is 12.6 Å². The van der Waals surface area contributed by atoms with Gasteiger partial charge in [-0.2, -0.15) is 4.98 Å². The van der Waals surface area contributed by atoms with Crippen molar-refractivity contribution in [2.75, 3.05) is 17.7 Å². The molecule has 0 radical (unpaired) electrons. The Hall–Kier alpha value is -3.60. The molecule has 3 aromatic carbocycles. The quantitative estimate of drug-likeness (QED) is 0.469. The van der Waals surface area contributed by atoms with E-state index >= 15 is 0 Å². The summed E-state index contributed by atoms with van der Waals surface area (Å²) in [6.07, 6.45) is 0. The average molecular weight is 370 g/mol. The number of rotatable bonds is 5. The van der Waals surface area contributed by atoms with Crippen molar-refractivity contribution in [2.24, 2.45) is 0 Å². The molecule has 0 aliphatic rings. The first kappa shape index (κ1) is 17.8. The van der Waals surface area contributed by atoms with E-state index in [1.807, 2.05) is 54.6 Å². The lowest BCUT2D eigenvalue weighted by molar-refractivity contribution is 0.415. The molecule has 5 nitrogen and oxygen atoms in total. The number of hydrogen-bond acceptors (Lipinski definition) is 5. The molecule has 140 valence electrons. The SMILES string of the molecule is COc1ccc2nc(Nc3ccccc3C)nc(Nc3ccccc3C)c2c1. The fourth-order valence-corrected chi connectivity index (χ4v) is 3.06. The van der Waals surface area contributed by atoms with Crippen LogP contribution in [0.25, 0.3) is 10.9 Å². The number of para-hydroxylation sites is 2. The third-order valence-corrected chi connectivity index (χ3v) is 4.69. The van der Waals surface area contributed by atoms with Gasteiger partial charge < -0.3 is 15.4 Å². The Labute approximate surface area is 164 Å². The summed E-state index contributed by atoms with van der Waals surface area (Å²) in [6.45, 7) is 4.12. The van der Waals surface area contributed by atoms with Crippen LogP contribution in [-0.4, -0.2) is 17.1 Å². The highest BCUT2D eigenvalue weighted by Gasteiger charge is 2.11. The second kappa shape index (κ2) is 7.56. The smallest absolute Gasteiger partial charge is 0.229 e. The topological polar surface area (TPSA) is 59.1 Å². The van der Waals surface area contributed by atoms with Crippen molar-refractivity contribution < 1.29 is 4.74 Å². The van der Waals surface area contributed by atoms with Gasteiger partial charge in [-0.1, -0.05) is 36.4 Å². The molecule has 0 spiro atoms. The summed E-state index contributed by atoms with van der Waals surface area (Å²) in [4.78, 5) is 9.45. The predicted octanol–water partition coefficient (Wildman–Crippen LogP) is 5.74. The fraction of sp³-hybridized carbons (Fsp3) is 0.130. The molecule has 1 aromatic heterocycles. The van der Waals surface area contributed by atoms with Crippen molar-refractivity contribution in [3.63, 3.8) is 0 Å². The molecule has 0 fully saturated rings. The number of ether oxygens (including phenoxy) is 1. The number of aromatic nitrogens is 2. The van der Waals surface area contributed by atoms with Crippen molar-refractivity contribution in [3.8, 4) is 5.75 Å². The van der Waals surface area contributed by atoms with Crippen molar-refractivity contribution in [1.29, 1.82) is 0 Å². The summed E-state index contributed by atoms with van der Waals surface area (Å²) in [5.74, 6) is 2.04. The maximum Gasteiger partial charge on any atom is 0.229 e. The highest BCUT2D eigenvalue weighted by Crippen LogP contribution is 2.30. The van der Waals surface area contributed by atoms with Crippen LogP contribution < -0.4 is 15.4 Å². The van der Waals surface area contributed by atoms with Gasteiger partial charge in [-0.25, -0.2) is 4.98 Å². The molecule has 1 heterocycles. The van der Waals surface area contributed by atoms with Crippen molar-refractivity contribution in [3.05, 3.63) is 77.9 Å². The molecule has 0 atom stereocenters. The van der Waals surface area contributed by atoms with Gasteiger partial charge in [-0.3, -0.25) is 0 Å². The number of aryl methyl sites for hydroxylation is 2.